The Morgan fingerprint density at radius 2 is 1.81 bits per heavy atom. The van der Waals surface area contributed by atoms with Crippen LogP contribution in [0.15, 0.2) is 23.5 Å². The van der Waals surface area contributed by atoms with Crippen LogP contribution < -0.4 is 0 Å². The summed E-state index contributed by atoms with van der Waals surface area (Å²) < 4.78 is 21.7. The molecule has 1 aliphatic carbocycles. The van der Waals surface area contributed by atoms with Crippen LogP contribution in [0, 0.1) is 11.8 Å². The molecular weight excluding hydrogens is 352 g/mol. The Morgan fingerprint density at radius 3 is 2.50 bits per heavy atom. The third-order valence-electron chi connectivity index (χ3n) is 5.31. The minimum Gasteiger partial charge on any atom is -0.471 e. The molecule has 0 spiro atoms. The SMILES string of the molecule is O=C1O[C@H]2C=C(CO)C3C2C1=CO[C@H]3O[C@@H]1O[C@H](CO)[C@@H](O)[C@H](O)[C@H]1O. The van der Waals surface area contributed by atoms with E-state index in [1.807, 2.05) is 0 Å². The van der Waals surface area contributed by atoms with Crippen molar-refractivity contribution in [1.29, 1.82) is 0 Å². The van der Waals surface area contributed by atoms with E-state index in [1.54, 1.807) is 6.08 Å². The van der Waals surface area contributed by atoms with Crippen LogP contribution in [-0.4, -0.2) is 87.8 Å². The molecule has 4 rings (SSSR count). The highest BCUT2D eigenvalue weighted by atomic mass is 16.8. The number of rotatable bonds is 4. The van der Waals surface area contributed by atoms with E-state index in [9.17, 15) is 30.3 Å². The Hall–Kier alpha value is -1.53. The van der Waals surface area contributed by atoms with E-state index in [2.05, 4.69) is 0 Å². The van der Waals surface area contributed by atoms with Crippen LogP contribution in [0.5, 0.6) is 0 Å². The Labute approximate surface area is 147 Å². The predicted octanol–water partition coefficient (Wildman–Crippen LogP) is -2.87. The molecule has 3 heterocycles. The van der Waals surface area contributed by atoms with Crippen molar-refractivity contribution in [3.05, 3.63) is 23.5 Å². The van der Waals surface area contributed by atoms with Gasteiger partial charge in [-0.2, -0.15) is 0 Å². The highest BCUT2D eigenvalue weighted by Gasteiger charge is 2.56. The first-order valence-corrected chi connectivity index (χ1v) is 8.30. The molecule has 0 amide bonds. The third kappa shape index (κ3) is 2.57. The van der Waals surface area contributed by atoms with Gasteiger partial charge in [0, 0.05) is 5.92 Å². The van der Waals surface area contributed by atoms with E-state index in [0.29, 0.717) is 11.1 Å². The number of carbonyl (C=O) groups excluding carboxylic acids is 1. The number of aliphatic hydroxyl groups is 5. The van der Waals surface area contributed by atoms with Crippen LogP contribution in [0.1, 0.15) is 0 Å². The molecule has 0 radical (unpaired) electrons. The molecule has 5 N–H and O–H groups in total. The Balaban J connectivity index is 1.56. The second-order valence-electron chi connectivity index (χ2n) is 6.73. The monoisotopic (exact) mass is 372 g/mol. The fraction of sp³-hybridized carbons (Fsp3) is 0.688. The number of carbonyl (C=O) groups is 1. The normalized spacial score (nSPS) is 47.0. The molecule has 10 nitrogen and oxygen atoms in total. The van der Waals surface area contributed by atoms with Gasteiger partial charge in [-0.15, -0.1) is 0 Å². The van der Waals surface area contributed by atoms with Crippen molar-refractivity contribution in [2.45, 2.75) is 43.1 Å². The van der Waals surface area contributed by atoms with Gasteiger partial charge in [-0.3, -0.25) is 0 Å². The van der Waals surface area contributed by atoms with Crippen molar-refractivity contribution in [3.8, 4) is 0 Å². The average molecular weight is 372 g/mol. The van der Waals surface area contributed by atoms with Gasteiger partial charge in [-0.05, 0) is 11.6 Å². The average Bonchev–Trinajstić information content (AvgIpc) is 3.16. The highest BCUT2D eigenvalue weighted by molar-refractivity contribution is 5.92. The Kier molecular flexibility index (Phi) is 4.51. The quantitative estimate of drug-likeness (QED) is 0.257. The lowest BCUT2D eigenvalue weighted by Gasteiger charge is -2.42. The van der Waals surface area contributed by atoms with Gasteiger partial charge in [0.25, 0.3) is 0 Å². The maximum atomic E-state index is 11.8. The summed E-state index contributed by atoms with van der Waals surface area (Å²) in [6.45, 7) is -0.876. The molecule has 2 saturated heterocycles. The van der Waals surface area contributed by atoms with E-state index in [-0.39, 0.29) is 12.5 Å². The molecule has 26 heavy (non-hydrogen) atoms. The molecular formula is C16H20O10. The summed E-state index contributed by atoms with van der Waals surface area (Å²) in [6.07, 6.45) is -5.84. The molecule has 10 heteroatoms. The minimum absolute atomic E-state index is 0.291. The number of hydrogen-bond acceptors (Lipinski definition) is 10. The summed E-state index contributed by atoms with van der Waals surface area (Å²) in [5.74, 6) is -1.42. The van der Waals surface area contributed by atoms with Crippen LogP contribution in [0.4, 0.5) is 0 Å². The maximum absolute atomic E-state index is 11.8. The van der Waals surface area contributed by atoms with Gasteiger partial charge in [0.15, 0.2) is 6.29 Å². The summed E-state index contributed by atoms with van der Waals surface area (Å²) in [7, 11) is 0. The molecule has 0 saturated carbocycles. The molecule has 2 unspecified atom stereocenters. The van der Waals surface area contributed by atoms with Crippen molar-refractivity contribution in [2.24, 2.45) is 11.8 Å². The molecule has 2 fully saturated rings. The molecule has 0 bridgehead atoms. The zero-order valence-electron chi connectivity index (χ0n) is 13.5. The standard InChI is InChI=1S/C16H20O10/c17-2-5-1-7-10-6(14(22)24-7)4-23-15(9(5)10)26-16-13(21)12(20)11(19)8(3-18)25-16/h1,4,7-13,15-21H,2-3H2/t7-,8+,9?,10?,11+,12-,13+,15-,16-/m0/s1. The zero-order chi connectivity index (χ0) is 18.6. The largest absolute Gasteiger partial charge is 0.471 e. The Bertz CT molecular complexity index is 643. The van der Waals surface area contributed by atoms with Crippen LogP contribution in [0.3, 0.4) is 0 Å². The lowest BCUT2D eigenvalue weighted by atomic mass is 9.84. The van der Waals surface area contributed by atoms with Crippen LogP contribution >= 0.6 is 0 Å². The van der Waals surface area contributed by atoms with Crippen molar-refractivity contribution < 1.29 is 49.3 Å². The molecule has 0 aromatic rings. The second-order valence-corrected chi connectivity index (χ2v) is 6.73. The first kappa shape index (κ1) is 17.9. The summed E-state index contributed by atoms with van der Waals surface area (Å²) in [5.41, 5.74) is 0.904. The molecule has 3 aliphatic heterocycles. The third-order valence-corrected chi connectivity index (χ3v) is 5.31. The van der Waals surface area contributed by atoms with Crippen molar-refractivity contribution in [3.63, 3.8) is 0 Å². The van der Waals surface area contributed by atoms with E-state index in [1.165, 1.54) is 6.26 Å². The molecule has 0 aromatic carbocycles. The minimum atomic E-state index is -1.58. The zero-order valence-corrected chi connectivity index (χ0v) is 13.5. The van der Waals surface area contributed by atoms with Crippen LogP contribution in [0.25, 0.3) is 0 Å². The van der Waals surface area contributed by atoms with Crippen molar-refractivity contribution in [1.82, 2.24) is 0 Å². The fourth-order valence-corrected chi connectivity index (χ4v) is 3.95. The summed E-state index contributed by atoms with van der Waals surface area (Å²) in [5, 5.41) is 48.7. The topological polar surface area (TPSA) is 155 Å². The molecule has 0 aromatic heterocycles. The van der Waals surface area contributed by atoms with Crippen molar-refractivity contribution in [2.75, 3.05) is 13.2 Å². The van der Waals surface area contributed by atoms with E-state index < -0.39 is 61.6 Å². The first-order chi connectivity index (χ1) is 12.5. The predicted molar refractivity (Wildman–Crippen MR) is 79.8 cm³/mol. The van der Waals surface area contributed by atoms with Gasteiger partial charge in [0.2, 0.25) is 6.29 Å². The Morgan fingerprint density at radius 1 is 1.04 bits per heavy atom. The smallest absolute Gasteiger partial charge is 0.338 e. The maximum Gasteiger partial charge on any atom is 0.338 e. The van der Waals surface area contributed by atoms with E-state index in [0.717, 1.165) is 0 Å². The lowest BCUT2D eigenvalue weighted by molar-refractivity contribution is -0.339. The highest BCUT2D eigenvalue weighted by Crippen LogP contribution is 2.48. The fourth-order valence-electron chi connectivity index (χ4n) is 3.95. The van der Waals surface area contributed by atoms with Gasteiger partial charge in [0.1, 0.15) is 30.5 Å². The van der Waals surface area contributed by atoms with Gasteiger partial charge in [0.05, 0.1) is 31.0 Å². The molecule has 4 aliphatic rings. The number of ether oxygens (including phenoxy) is 4. The van der Waals surface area contributed by atoms with Gasteiger partial charge in [-0.1, -0.05) is 0 Å². The van der Waals surface area contributed by atoms with E-state index >= 15 is 0 Å². The summed E-state index contributed by atoms with van der Waals surface area (Å²) >= 11 is 0. The van der Waals surface area contributed by atoms with Gasteiger partial charge in [-0.25, -0.2) is 4.79 Å². The van der Waals surface area contributed by atoms with Crippen LogP contribution in [0.2, 0.25) is 0 Å². The van der Waals surface area contributed by atoms with Crippen molar-refractivity contribution >= 4 is 5.97 Å². The lowest BCUT2D eigenvalue weighted by Crippen LogP contribution is -2.60. The number of aliphatic hydroxyl groups excluding tert-OH is 5. The summed E-state index contributed by atoms with van der Waals surface area (Å²) in [6, 6.07) is 0. The first-order valence-electron chi connectivity index (χ1n) is 8.30. The van der Waals surface area contributed by atoms with Crippen LogP contribution in [-0.2, 0) is 23.7 Å². The van der Waals surface area contributed by atoms with Gasteiger partial charge < -0.3 is 44.5 Å². The number of hydrogen-bond donors (Lipinski definition) is 5. The summed E-state index contributed by atoms with van der Waals surface area (Å²) in [4.78, 5) is 11.8. The number of esters is 1. The van der Waals surface area contributed by atoms with E-state index in [4.69, 9.17) is 18.9 Å². The molecule has 9 atom stereocenters. The van der Waals surface area contributed by atoms with Gasteiger partial charge >= 0.3 is 5.97 Å². The molecule has 144 valence electrons. The second kappa shape index (κ2) is 6.57.